The van der Waals surface area contributed by atoms with Gasteiger partial charge in [0.15, 0.2) is 0 Å². The van der Waals surface area contributed by atoms with E-state index in [0.717, 1.165) is 32.1 Å². The number of piperidine rings is 1. The van der Waals surface area contributed by atoms with E-state index >= 15 is 0 Å². The van der Waals surface area contributed by atoms with Crippen molar-refractivity contribution in [2.75, 3.05) is 7.05 Å². The Morgan fingerprint density at radius 1 is 1.37 bits per heavy atom. The van der Waals surface area contributed by atoms with Gasteiger partial charge in [0, 0.05) is 12.1 Å². The molecule has 108 valence electrons. The fourth-order valence-electron chi connectivity index (χ4n) is 3.34. The lowest BCUT2D eigenvalue weighted by Crippen LogP contribution is -2.58. The summed E-state index contributed by atoms with van der Waals surface area (Å²) >= 11 is 0. The third-order valence-electron chi connectivity index (χ3n) is 4.52. The maximum Gasteiger partial charge on any atom is 0.245 e. The normalized spacial score (nSPS) is 32.1. The topological polar surface area (TPSA) is 61.4 Å². The van der Waals surface area contributed by atoms with Gasteiger partial charge in [-0.3, -0.25) is 9.59 Å². The number of carbonyl (C=O) groups excluding carboxylic acids is 2. The summed E-state index contributed by atoms with van der Waals surface area (Å²) in [6, 6.07) is 0.193. The van der Waals surface area contributed by atoms with Gasteiger partial charge in [-0.2, -0.15) is 0 Å². The molecule has 5 nitrogen and oxygen atoms in total. The predicted octanol–water partition coefficient (Wildman–Crippen LogP) is 0.643. The van der Waals surface area contributed by atoms with Crippen molar-refractivity contribution in [1.82, 2.24) is 15.5 Å². The molecule has 0 bridgehead atoms. The molecule has 0 radical (unpaired) electrons. The molecule has 0 aliphatic carbocycles. The van der Waals surface area contributed by atoms with Gasteiger partial charge in [-0.05, 0) is 46.1 Å². The quantitative estimate of drug-likeness (QED) is 0.786. The van der Waals surface area contributed by atoms with Crippen molar-refractivity contribution in [1.29, 1.82) is 0 Å². The largest absolute Gasteiger partial charge is 0.343 e. The van der Waals surface area contributed by atoms with E-state index in [1.54, 1.807) is 7.05 Å². The molecule has 0 aromatic carbocycles. The van der Waals surface area contributed by atoms with Crippen LogP contribution < -0.4 is 10.6 Å². The molecule has 2 N–H and O–H groups in total. The lowest BCUT2D eigenvalue weighted by Gasteiger charge is -2.37. The van der Waals surface area contributed by atoms with Crippen molar-refractivity contribution in [2.45, 2.75) is 70.1 Å². The second-order valence-electron chi connectivity index (χ2n) is 5.71. The molecule has 0 aromatic rings. The molecule has 0 spiro atoms. The highest BCUT2D eigenvalue weighted by atomic mass is 16.2. The molecule has 5 heteroatoms. The highest BCUT2D eigenvalue weighted by Gasteiger charge is 2.42. The zero-order valence-electron chi connectivity index (χ0n) is 12.1. The Kier molecular flexibility index (Phi) is 4.45. The van der Waals surface area contributed by atoms with Gasteiger partial charge in [0.1, 0.15) is 6.04 Å². The summed E-state index contributed by atoms with van der Waals surface area (Å²) in [5, 5.41) is 5.89. The maximum absolute atomic E-state index is 12.4. The van der Waals surface area contributed by atoms with Gasteiger partial charge in [-0.15, -0.1) is 0 Å². The van der Waals surface area contributed by atoms with Crippen LogP contribution in [0.15, 0.2) is 0 Å². The number of nitrogens with one attached hydrogen (secondary N) is 2. The smallest absolute Gasteiger partial charge is 0.245 e. The van der Waals surface area contributed by atoms with Crippen LogP contribution in [0.3, 0.4) is 0 Å². The summed E-state index contributed by atoms with van der Waals surface area (Å²) in [4.78, 5) is 26.5. The first-order chi connectivity index (χ1) is 9.08. The van der Waals surface area contributed by atoms with Crippen LogP contribution in [-0.2, 0) is 9.59 Å². The molecule has 1 unspecified atom stereocenters. The van der Waals surface area contributed by atoms with Crippen molar-refractivity contribution in [2.24, 2.45) is 0 Å². The standard InChI is InChI=1S/C14H25N3O2/c1-4-11(15-3)13(18)16-12-8-7-10-6-5-9(2)17(10)14(12)19/h9-12,15H,4-8H2,1-3H3,(H,16,18)/t9-,10-,11?,12+/m1/s1. The van der Waals surface area contributed by atoms with Crippen LogP contribution in [0.1, 0.15) is 46.0 Å². The van der Waals surface area contributed by atoms with Crippen LogP contribution in [-0.4, -0.2) is 47.9 Å². The van der Waals surface area contributed by atoms with Crippen molar-refractivity contribution < 1.29 is 9.59 Å². The molecule has 2 amide bonds. The second kappa shape index (κ2) is 5.90. The van der Waals surface area contributed by atoms with E-state index in [1.807, 2.05) is 11.8 Å². The average molecular weight is 267 g/mol. The van der Waals surface area contributed by atoms with Gasteiger partial charge in [0.05, 0.1) is 6.04 Å². The molecule has 0 saturated carbocycles. The zero-order chi connectivity index (χ0) is 14.0. The van der Waals surface area contributed by atoms with Crippen LogP contribution >= 0.6 is 0 Å². The van der Waals surface area contributed by atoms with E-state index in [9.17, 15) is 9.59 Å². The molecule has 2 heterocycles. The minimum absolute atomic E-state index is 0.0614. The molecular weight excluding hydrogens is 242 g/mol. The fourth-order valence-corrected chi connectivity index (χ4v) is 3.34. The van der Waals surface area contributed by atoms with E-state index in [1.165, 1.54) is 0 Å². The van der Waals surface area contributed by atoms with Crippen LogP contribution in [0, 0.1) is 0 Å². The van der Waals surface area contributed by atoms with E-state index in [2.05, 4.69) is 17.6 Å². The minimum atomic E-state index is -0.327. The monoisotopic (exact) mass is 267 g/mol. The van der Waals surface area contributed by atoms with Crippen molar-refractivity contribution in [3.05, 3.63) is 0 Å². The summed E-state index contributed by atoms with van der Waals surface area (Å²) in [5.41, 5.74) is 0. The SMILES string of the molecule is CCC(NC)C(=O)N[C@H]1CC[C@H]2CC[C@@H](C)N2C1=O. The number of hydrogen-bond donors (Lipinski definition) is 2. The Labute approximate surface area is 115 Å². The second-order valence-corrected chi connectivity index (χ2v) is 5.71. The molecule has 0 aromatic heterocycles. The third kappa shape index (κ3) is 2.76. The Balaban J connectivity index is 1.98. The Hall–Kier alpha value is -1.10. The van der Waals surface area contributed by atoms with Crippen molar-refractivity contribution >= 4 is 11.8 Å². The summed E-state index contributed by atoms with van der Waals surface area (Å²) < 4.78 is 0. The summed E-state index contributed by atoms with van der Waals surface area (Å²) in [6.07, 6.45) is 4.72. The highest BCUT2D eigenvalue weighted by Crippen LogP contribution is 2.32. The summed E-state index contributed by atoms with van der Waals surface area (Å²) in [7, 11) is 1.77. The molecule has 2 rings (SSSR count). The van der Waals surface area contributed by atoms with Gasteiger partial charge in [-0.25, -0.2) is 0 Å². The number of nitrogens with zero attached hydrogens (tertiary/aromatic N) is 1. The Bertz CT molecular complexity index is 355. The summed E-state index contributed by atoms with van der Waals surface area (Å²) in [6.45, 7) is 4.06. The number of likely N-dealkylation sites (N-methyl/N-ethyl adjacent to an activating group) is 1. The molecule has 4 atom stereocenters. The molecule has 19 heavy (non-hydrogen) atoms. The van der Waals surface area contributed by atoms with Crippen molar-refractivity contribution in [3.8, 4) is 0 Å². The van der Waals surface area contributed by atoms with Crippen LogP contribution in [0.2, 0.25) is 0 Å². The van der Waals surface area contributed by atoms with Crippen LogP contribution in [0.5, 0.6) is 0 Å². The van der Waals surface area contributed by atoms with Gasteiger partial charge < -0.3 is 15.5 Å². The van der Waals surface area contributed by atoms with Gasteiger partial charge >= 0.3 is 0 Å². The van der Waals surface area contributed by atoms with Crippen LogP contribution in [0.25, 0.3) is 0 Å². The first kappa shape index (κ1) is 14.3. The van der Waals surface area contributed by atoms with E-state index in [4.69, 9.17) is 0 Å². The van der Waals surface area contributed by atoms with E-state index < -0.39 is 0 Å². The number of amides is 2. The first-order valence-corrected chi connectivity index (χ1v) is 7.38. The summed E-state index contributed by atoms with van der Waals surface area (Å²) in [5.74, 6) is 0.0502. The average Bonchev–Trinajstić information content (AvgIpc) is 2.77. The lowest BCUT2D eigenvalue weighted by atomic mass is 9.97. The predicted molar refractivity (Wildman–Crippen MR) is 73.6 cm³/mol. The lowest BCUT2D eigenvalue weighted by molar-refractivity contribution is -0.142. The molecule has 2 aliphatic heterocycles. The molecular formula is C14H25N3O2. The van der Waals surface area contributed by atoms with Gasteiger partial charge in [0.25, 0.3) is 0 Å². The van der Waals surface area contributed by atoms with Crippen molar-refractivity contribution in [3.63, 3.8) is 0 Å². The molecule has 2 aliphatic rings. The number of fused-ring (bicyclic) bond motifs is 1. The first-order valence-electron chi connectivity index (χ1n) is 7.38. The van der Waals surface area contributed by atoms with E-state index in [0.29, 0.717) is 12.1 Å². The van der Waals surface area contributed by atoms with E-state index in [-0.39, 0.29) is 23.9 Å². The molecule has 2 saturated heterocycles. The fraction of sp³-hybridized carbons (Fsp3) is 0.857. The number of carbonyl (C=O) groups is 2. The third-order valence-corrected chi connectivity index (χ3v) is 4.52. The Morgan fingerprint density at radius 3 is 2.68 bits per heavy atom. The van der Waals surface area contributed by atoms with Gasteiger partial charge in [-0.1, -0.05) is 6.92 Å². The number of rotatable bonds is 4. The zero-order valence-corrected chi connectivity index (χ0v) is 12.1. The Morgan fingerprint density at radius 2 is 2.05 bits per heavy atom. The maximum atomic E-state index is 12.4. The minimum Gasteiger partial charge on any atom is -0.343 e. The molecule has 2 fully saturated rings. The van der Waals surface area contributed by atoms with Gasteiger partial charge in [0.2, 0.25) is 11.8 Å². The van der Waals surface area contributed by atoms with Crippen LogP contribution in [0.4, 0.5) is 0 Å². The highest BCUT2D eigenvalue weighted by molar-refractivity contribution is 5.90. The number of hydrogen-bond acceptors (Lipinski definition) is 3.